The number of rotatable bonds is 7. The van der Waals surface area contributed by atoms with Crippen molar-refractivity contribution in [3.05, 3.63) is 106 Å². The van der Waals surface area contributed by atoms with Crippen molar-refractivity contribution < 1.29 is 13.9 Å². The summed E-state index contributed by atoms with van der Waals surface area (Å²) in [5.41, 5.74) is 2.27. The van der Waals surface area contributed by atoms with Crippen LogP contribution in [0.4, 0.5) is 4.39 Å². The molecule has 5 rings (SSSR count). The van der Waals surface area contributed by atoms with E-state index in [-0.39, 0.29) is 17.5 Å². The minimum atomic E-state index is -0.351. The molecule has 33 heavy (non-hydrogen) atoms. The van der Waals surface area contributed by atoms with Crippen molar-refractivity contribution in [1.29, 1.82) is 0 Å². The predicted octanol–water partition coefficient (Wildman–Crippen LogP) is 4.31. The summed E-state index contributed by atoms with van der Waals surface area (Å²) >= 11 is 0. The molecule has 1 N–H and O–H groups in total. The second kappa shape index (κ2) is 9.46. The molecule has 168 valence electrons. The van der Waals surface area contributed by atoms with E-state index in [1.807, 2.05) is 60.7 Å². The fraction of sp³-hybridized carbons (Fsp3) is 0.222. The van der Waals surface area contributed by atoms with Gasteiger partial charge in [0.15, 0.2) is 11.5 Å². The minimum absolute atomic E-state index is 0.109. The van der Waals surface area contributed by atoms with Crippen molar-refractivity contribution in [1.82, 2.24) is 9.88 Å². The molecule has 0 saturated carbocycles. The monoisotopic (exact) mass is 444 g/mol. The molecule has 0 bridgehead atoms. The highest BCUT2D eigenvalue weighted by molar-refractivity contribution is 5.79. The molecule has 0 amide bonds. The topological polar surface area (TPSA) is 52.5 Å². The SMILES string of the molecule is O=c1c(CNCC2COc3ccccc3O2)cc2ccc(F)cc2n1CCc1ccccc1. The van der Waals surface area contributed by atoms with Gasteiger partial charge in [0, 0.05) is 25.2 Å². The number of halogens is 1. The van der Waals surface area contributed by atoms with Crippen LogP contribution >= 0.6 is 0 Å². The Morgan fingerprint density at radius 1 is 0.970 bits per heavy atom. The molecule has 1 aliphatic heterocycles. The van der Waals surface area contributed by atoms with Gasteiger partial charge in [-0.1, -0.05) is 42.5 Å². The van der Waals surface area contributed by atoms with Gasteiger partial charge in [0.2, 0.25) is 0 Å². The number of para-hydroxylation sites is 2. The number of nitrogens with zero attached hydrogens (tertiary/aromatic N) is 1. The van der Waals surface area contributed by atoms with Crippen molar-refractivity contribution in [3.8, 4) is 11.5 Å². The largest absolute Gasteiger partial charge is 0.486 e. The highest BCUT2D eigenvalue weighted by Crippen LogP contribution is 2.30. The van der Waals surface area contributed by atoms with E-state index in [0.717, 1.165) is 22.4 Å². The lowest BCUT2D eigenvalue weighted by Crippen LogP contribution is -2.39. The van der Waals surface area contributed by atoms with Gasteiger partial charge in [-0.15, -0.1) is 0 Å². The standard InChI is InChI=1S/C27H25FN2O3/c28-22-11-10-20-14-21(16-29-17-23-18-32-25-8-4-5-9-26(25)33-23)27(31)30(24(20)15-22)13-12-19-6-2-1-3-7-19/h1-11,14-15,23,29H,12-13,16-18H2. The first-order valence-corrected chi connectivity index (χ1v) is 11.1. The molecule has 4 aromatic rings. The third-order valence-electron chi connectivity index (χ3n) is 5.85. The van der Waals surface area contributed by atoms with E-state index in [0.29, 0.717) is 43.7 Å². The van der Waals surface area contributed by atoms with Crippen LogP contribution in [0.25, 0.3) is 10.9 Å². The summed E-state index contributed by atoms with van der Waals surface area (Å²) in [7, 11) is 0. The van der Waals surface area contributed by atoms with E-state index in [9.17, 15) is 9.18 Å². The molecule has 0 aliphatic carbocycles. The highest BCUT2D eigenvalue weighted by atomic mass is 19.1. The fourth-order valence-corrected chi connectivity index (χ4v) is 4.17. The Morgan fingerprint density at radius 3 is 2.61 bits per heavy atom. The van der Waals surface area contributed by atoms with Crippen LogP contribution in [0.3, 0.4) is 0 Å². The maximum absolute atomic E-state index is 14.0. The number of fused-ring (bicyclic) bond motifs is 2. The summed E-state index contributed by atoms with van der Waals surface area (Å²) in [6.45, 7) is 1.85. The van der Waals surface area contributed by atoms with Crippen LogP contribution in [0.5, 0.6) is 11.5 Å². The van der Waals surface area contributed by atoms with Crippen molar-refractivity contribution in [2.45, 2.75) is 25.6 Å². The van der Waals surface area contributed by atoms with Crippen molar-refractivity contribution in [2.75, 3.05) is 13.2 Å². The molecule has 5 nitrogen and oxygen atoms in total. The van der Waals surface area contributed by atoms with Crippen LogP contribution in [-0.4, -0.2) is 23.8 Å². The predicted molar refractivity (Wildman–Crippen MR) is 126 cm³/mol. The molecule has 6 heteroatoms. The van der Waals surface area contributed by atoms with Crippen LogP contribution in [0, 0.1) is 5.82 Å². The van der Waals surface area contributed by atoms with Gasteiger partial charge < -0.3 is 19.4 Å². The van der Waals surface area contributed by atoms with Gasteiger partial charge in [-0.05, 0) is 53.8 Å². The molecule has 2 heterocycles. The third kappa shape index (κ3) is 4.76. The number of ether oxygens (including phenoxy) is 2. The molecular weight excluding hydrogens is 419 g/mol. The molecule has 0 spiro atoms. The zero-order chi connectivity index (χ0) is 22.6. The summed E-state index contributed by atoms with van der Waals surface area (Å²) < 4.78 is 27.4. The Hall–Kier alpha value is -3.64. The van der Waals surface area contributed by atoms with E-state index in [4.69, 9.17) is 9.47 Å². The highest BCUT2D eigenvalue weighted by Gasteiger charge is 2.20. The van der Waals surface area contributed by atoms with Gasteiger partial charge in [-0.25, -0.2) is 4.39 Å². The van der Waals surface area contributed by atoms with Crippen LogP contribution < -0.4 is 20.3 Å². The second-order valence-electron chi connectivity index (χ2n) is 8.19. The first-order chi connectivity index (χ1) is 16.2. The Morgan fingerprint density at radius 2 is 1.76 bits per heavy atom. The van der Waals surface area contributed by atoms with Gasteiger partial charge in [-0.3, -0.25) is 4.79 Å². The van der Waals surface area contributed by atoms with Gasteiger partial charge in [0.1, 0.15) is 18.5 Å². The van der Waals surface area contributed by atoms with Crippen molar-refractivity contribution >= 4 is 10.9 Å². The van der Waals surface area contributed by atoms with E-state index in [1.165, 1.54) is 12.1 Å². The number of benzene rings is 3. The second-order valence-corrected chi connectivity index (χ2v) is 8.19. The van der Waals surface area contributed by atoms with E-state index in [2.05, 4.69) is 5.32 Å². The Kier molecular flexibility index (Phi) is 6.09. The van der Waals surface area contributed by atoms with Crippen molar-refractivity contribution in [3.63, 3.8) is 0 Å². The van der Waals surface area contributed by atoms with E-state index in [1.54, 1.807) is 10.6 Å². The molecule has 3 aromatic carbocycles. The number of pyridine rings is 1. The molecule has 1 atom stereocenters. The number of hydrogen-bond acceptors (Lipinski definition) is 4. The van der Waals surface area contributed by atoms with Gasteiger partial charge in [0.05, 0.1) is 5.52 Å². The van der Waals surface area contributed by atoms with Crippen LogP contribution in [0.1, 0.15) is 11.1 Å². The number of hydrogen-bond donors (Lipinski definition) is 1. The van der Waals surface area contributed by atoms with E-state index >= 15 is 0 Å². The van der Waals surface area contributed by atoms with Crippen LogP contribution in [-0.2, 0) is 19.5 Å². The van der Waals surface area contributed by atoms with Gasteiger partial charge in [-0.2, -0.15) is 0 Å². The van der Waals surface area contributed by atoms with Gasteiger partial charge >= 0.3 is 0 Å². The average Bonchev–Trinajstić information content (AvgIpc) is 2.85. The summed E-state index contributed by atoms with van der Waals surface area (Å²) in [5.74, 6) is 1.12. The van der Waals surface area contributed by atoms with Crippen LogP contribution in [0.15, 0.2) is 83.7 Å². The molecule has 1 aromatic heterocycles. The van der Waals surface area contributed by atoms with Gasteiger partial charge in [0.25, 0.3) is 5.56 Å². The van der Waals surface area contributed by atoms with Crippen LogP contribution in [0.2, 0.25) is 0 Å². The maximum atomic E-state index is 14.0. The molecule has 0 saturated heterocycles. The lowest BCUT2D eigenvalue weighted by molar-refractivity contribution is 0.0902. The molecule has 0 radical (unpaired) electrons. The maximum Gasteiger partial charge on any atom is 0.255 e. The molecule has 0 fully saturated rings. The summed E-state index contributed by atoms with van der Waals surface area (Å²) in [4.78, 5) is 13.3. The number of nitrogens with one attached hydrogen (secondary N) is 1. The number of aromatic nitrogens is 1. The Labute approximate surface area is 191 Å². The normalized spacial score (nSPS) is 15.0. The lowest BCUT2D eigenvalue weighted by Gasteiger charge is -2.26. The lowest BCUT2D eigenvalue weighted by atomic mass is 10.1. The Bertz CT molecular complexity index is 1320. The number of aryl methyl sites for hydroxylation is 2. The Balaban J connectivity index is 1.33. The fourth-order valence-electron chi connectivity index (χ4n) is 4.17. The summed E-state index contributed by atoms with van der Waals surface area (Å²) in [6.07, 6.45) is 0.547. The molecule has 1 unspecified atom stereocenters. The minimum Gasteiger partial charge on any atom is -0.486 e. The first kappa shape index (κ1) is 21.2. The molecule has 1 aliphatic rings. The summed E-state index contributed by atoms with van der Waals surface area (Å²) in [5, 5.41) is 4.17. The van der Waals surface area contributed by atoms with E-state index < -0.39 is 0 Å². The zero-order valence-corrected chi connectivity index (χ0v) is 18.2. The smallest absolute Gasteiger partial charge is 0.255 e. The average molecular weight is 445 g/mol. The first-order valence-electron chi connectivity index (χ1n) is 11.1. The van der Waals surface area contributed by atoms with Crippen molar-refractivity contribution in [2.24, 2.45) is 0 Å². The quantitative estimate of drug-likeness (QED) is 0.462. The zero-order valence-electron chi connectivity index (χ0n) is 18.2. The third-order valence-corrected chi connectivity index (χ3v) is 5.85. The summed E-state index contributed by atoms with van der Waals surface area (Å²) in [6, 6.07) is 24.0. The molecular formula is C27H25FN2O3.